The Kier molecular flexibility index (Phi) is 8.41. The Hall–Kier alpha value is -3.80. The van der Waals surface area contributed by atoms with E-state index in [1.54, 1.807) is 19.1 Å². The Balaban J connectivity index is 2.20. The summed E-state index contributed by atoms with van der Waals surface area (Å²) in [6, 6.07) is 10.1. The van der Waals surface area contributed by atoms with Gasteiger partial charge in [0.25, 0.3) is 5.91 Å². The number of carbonyl (C=O) groups excluding carboxylic acids is 1. The minimum atomic E-state index is -4.44. The van der Waals surface area contributed by atoms with Gasteiger partial charge in [-0.05, 0) is 43.5 Å². The van der Waals surface area contributed by atoms with Crippen molar-refractivity contribution < 1.29 is 27.6 Å². The van der Waals surface area contributed by atoms with E-state index in [1.165, 1.54) is 26.3 Å². The Labute approximate surface area is 184 Å². The molecule has 0 heterocycles. The van der Waals surface area contributed by atoms with Crippen molar-refractivity contribution in [3.05, 3.63) is 70.3 Å². The molecule has 0 fully saturated rings. The van der Waals surface area contributed by atoms with Crippen LogP contribution in [0.5, 0.6) is 0 Å². The van der Waals surface area contributed by atoms with Gasteiger partial charge < -0.3 is 15.0 Å². The van der Waals surface area contributed by atoms with Crippen molar-refractivity contribution in [3.63, 3.8) is 0 Å². The highest BCUT2D eigenvalue weighted by Gasteiger charge is 2.30. The predicted molar refractivity (Wildman–Crippen MR) is 115 cm³/mol. The molecule has 0 saturated heterocycles. The van der Waals surface area contributed by atoms with Crippen molar-refractivity contribution >= 4 is 17.3 Å². The number of hydrogen-bond donors (Lipinski definition) is 1. The van der Waals surface area contributed by atoms with Gasteiger partial charge >= 0.3 is 6.18 Å². The molecule has 0 saturated carbocycles. The van der Waals surface area contributed by atoms with Crippen LogP contribution in [0.1, 0.15) is 34.7 Å². The van der Waals surface area contributed by atoms with E-state index in [9.17, 15) is 18.0 Å². The van der Waals surface area contributed by atoms with Crippen LogP contribution in [0, 0.1) is 18.8 Å². The van der Waals surface area contributed by atoms with Crippen LogP contribution in [0.25, 0.3) is 0 Å². The molecule has 1 amide bonds. The summed E-state index contributed by atoms with van der Waals surface area (Å²) in [5.41, 5.74) is 1.84. The van der Waals surface area contributed by atoms with Crippen LogP contribution in [0.2, 0.25) is 0 Å². The van der Waals surface area contributed by atoms with Crippen LogP contribution in [0.4, 0.5) is 13.2 Å². The largest absolute Gasteiger partial charge is 0.416 e. The number of aryl methyl sites for hydroxylation is 1. The minimum Gasteiger partial charge on any atom is -0.398 e. The summed E-state index contributed by atoms with van der Waals surface area (Å²) in [6.45, 7) is 3.44. The number of carbonyl (C=O) groups is 1. The lowest BCUT2D eigenvalue weighted by Crippen LogP contribution is -2.29. The number of oxime groups is 2. The number of amides is 1. The van der Waals surface area contributed by atoms with Crippen LogP contribution in [0.15, 0.2) is 52.8 Å². The molecule has 32 heavy (non-hydrogen) atoms. The number of alkyl halides is 3. The Morgan fingerprint density at radius 3 is 2.53 bits per heavy atom. The summed E-state index contributed by atoms with van der Waals surface area (Å²) in [5, 5.41) is 10.2. The monoisotopic (exact) mass is 445 g/mol. The maximum absolute atomic E-state index is 12.8. The molecule has 0 aromatic heterocycles. The Bertz CT molecular complexity index is 1100. The molecule has 0 radical (unpaired) electrons. The van der Waals surface area contributed by atoms with Gasteiger partial charge in [-0.2, -0.15) is 13.2 Å². The smallest absolute Gasteiger partial charge is 0.398 e. The van der Waals surface area contributed by atoms with Gasteiger partial charge in [0.05, 0.1) is 5.56 Å². The highest BCUT2D eigenvalue weighted by Crippen LogP contribution is 2.29. The lowest BCUT2D eigenvalue weighted by Gasteiger charge is -2.12. The molecule has 1 N–H and O–H groups in total. The van der Waals surface area contributed by atoms with Crippen LogP contribution in [-0.2, 0) is 27.3 Å². The van der Waals surface area contributed by atoms with E-state index >= 15 is 0 Å². The zero-order valence-electron chi connectivity index (χ0n) is 18.0. The molecule has 2 aromatic carbocycles. The first kappa shape index (κ1) is 24.5. The molecule has 0 bridgehead atoms. The fraction of sp³-hybridized carbons (Fsp3) is 0.261. The number of benzene rings is 2. The molecule has 2 aromatic rings. The Morgan fingerprint density at radius 1 is 1.16 bits per heavy atom. The lowest BCUT2D eigenvalue weighted by atomic mass is 9.98. The van der Waals surface area contributed by atoms with Gasteiger partial charge in [-0.3, -0.25) is 4.79 Å². The van der Waals surface area contributed by atoms with Crippen molar-refractivity contribution in [2.75, 3.05) is 14.2 Å². The van der Waals surface area contributed by atoms with Gasteiger partial charge in [-0.25, -0.2) is 0 Å². The van der Waals surface area contributed by atoms with Gasteiger partial charge in [0.2, 0.25) is 0 Å². The Morgan fingerprint density at radius 2 is 1.88 bits per heavy atom. The number of likely N-dealkylation sites (N-methyl/N-ethyl adjacent to an activating group) is 1. The number of nitrogens with one attached hydrogen (secondary N) is 1. The van der Waals surface area contributed by atoms with E-state index in [-0.39, 0.29) is 23.6 Å². The summed E-state index contributed by atoms with van der Waals surface area (Å²) in [5.74, 6) is 4.87. The van der Waals surface area contributed by atoms with E-state index in [0.29, 0.717) is 11.1 Å². The van der Waals surface area contributed by atoms with Crippen molar-refractivity contribution in [2.45, 2.75) is 26.6 Å². The molecule has 168 valence electrons. The molecule has 0 aliphatic heterocycles. The van der Waals surface area contributed by atoms with Crippen molar-refractivity contribution in [3.8, 4) is 11.8 Å². The van der Waals surface area contributed by atoms with Crippen LogP contribution >= 0.6 is 0 Å². The zero-order chi connectivity index (χ0) is 23.7. The van der Waals surface area contributed by atoms with E-state index in [0.717, 1.165) is 17.7 Å². The second-order valence-corrected chi connectivity index (χ2v) is 6.58. The molecule has 0 aliphatic carbocycles. The van der Waals surface area contributed by atoms with Crippen molar-refractivity contribution in [2.24, 2.45) is 10.3 Å². The third kappa shape index (κ3) is 6.60. The van der Waals surface area contributed by atoms with Gasteiger partial charge in [0.15, 0.2) is 5.71 Å². The average Bonchev–Trinajstić information content (AvgIpc) is 2.76. The molecular formula is C23H22F3N3O3. The molecule has 0 unspecified atom stereocenters. The predicted octanol–water partition coefficient (Wildman–Crippen LogP) is 4.05. The normalized spacial score (nSPS) is 12.0. The summed E-state index contributed by atoms with van der Waals surface area (Å²) < 4.78 is 38.4. The fourth-order valence-electron chi connectivity index (χ4n) is 2.69. The first-order chi connectivity index (χ1) is 15.2. The van der Waals surface area contributed by atoms with Crippen LogP contribution < -0.4 is 5.32 Å². The SMILES string of the molecule is CNC(=O)/C(=N/OC)c1cccc(C)c1CO/N=C(\C)C#Cc1cccc(C(F)(F)F)c1. The second-order valence-electron chi connectivity index (χ2n) is 6.58. The summed E-state index contributed by atoms with van der Waals surface area (Å²) in [4.78, 5) is 22.4. The third-order valence-corrected chi connectivity index (χ3v) is 4.28. The van der Waals surface area contributed by atoms with E-state index in [1.807, 2.05) is 13.0 Å². The zero-order valence-corrected chi connectivity index (χ0v) is 18.0. The first-order valence-corrected chi connectivity index (χ1v) is 9.45. The maximum Gasteiger partial charge on any atom is 0.416 e. The van der Waals surface area contributed by atoms with E-state index < -0.39 is 17.6 Å². The van der Waals surface area contributed by atoms with Gasteiger partial charge in [0.1, 0.15) is 19.4 Å². The van der Waals surface area contributed by atoms with E-state index in [4.69, 9.17) is 9.68 Å². The van der Waals surface area contributed by atoms with Crippen molar-refractivity contribution in [1.29, 1.82) is 0 Å². The third-order valence-electron chi connectivity index (χ3n) is 4.28. The second kappa shape index (κ2) is 11.0. The van der Waals surface area contributed by atoms with Gasteiger partial charge in [0, 0.05) is 23.7 Å². The quantitative estimate of drug-likeness (QED) is 0.414. The fourth-order valence-corrected chi connectivity index (χ4v) is 2.69. The van der Waals surface area contributed by atoms with Gasteiger partial charge in [-0.1, -0.05) is 40.5 Å². The molecular weight excluding hydrogens is 423 g/mol. The van der Waals surface area contributed by atoms with E-state index in [2.05, 4.69) is 27.5 Å². The summed E-state index contributed by atoms with van der Waals surface area (Å²) >= 11 is 0. The number of hydrogen-bond acceptors (Lipinski definition) is 5. The molecule has 0 spiro atoms. The molecule has 6 nitrogen and oxygen atoms in total. The standard InChI is InChI=1S/C23H22F3N3O3/c1-15-7-5-10-19(21(29-31-4)22(30)27-3)20(15)14-32-28-16(2)11-12-17-8-6-9-18(13-17)23(24,25)26/h5-10,13H,14H2,1-4H3,(H,27,30)/b28-16+,29-21+. The maximum atomic E-state index is 12.8. The summed E-state index contributed by atoms with van der Waals surface area (Å²) in [7, 11) is 2.82. The van der Waals surface area contributed by atoms with Crippen molar-refractivity contribution in [1.82, 2.24) is 5.32 Å². The lowest BCUT2D eigenvalue weighted by molar-refractivity contribution is -0.137. The van der Waals surface area contributed by atoms with Crippen LogP contribution in [-0.4, -0.2) is 31.5 Å². The number of halogens is 3. The number of nitrogens with zero attached hydrogens (tertiary/aromatic N) is 2. The van der Waals surface area contributed by atoms with Crippen LogP contribution in [0.3, 0.4) is 0 Å². The minimum absolute atomic E-state index is 0.0182. The number of rotatable bonds is 6. The molecule has 0 atom stereocenters. The molecule has 9 heteroatoms. The first-order valence-electron chi connectivity index (χ1n) is 9.45. The average molecular weight is 445 g/mol. The summed E-state index contributed by atoms with van der Waals surface area (Å²) in [6.07, 6.45) is -4.44. The molecule has 0 aliphatic rings. The highest BCUT2D eigenvalue weighted by atomic mass is 19.4. The topological polar surface area (TPSA) is 72.3 Å². The highest BCUT2D eigenvalue weighted by molar-refractivity contribution is 6.45. The van der Waals surface area contributed by atoms with Gasteiger partial charge in [-0.15, -0.1) is 0 Å². The molecule has 2 rings (SSSR count).